The highest BCUT2D eigenvalue weighted by atomic mass is 16.5. The number of hydrogen-bond acceptors (Lipinski definition) is 5. The minimum Gasteiger partial charge on any atom is -0.497 e. The van der Waals surface area contributed by atoms with Gasteiger partial charge in [-0.2, -0.15) is 5.10 Å². The van der Waals surface area contributed by atoms with Gasteiger partial charge in [-0.1, -0.05) is 0 Å². The van der Waals surface area contributed by atoms with Crippen LogP contribution in [-0.4, -0.2) is 71.8 Å². The summed E-state index contributed by atoms with van der Waals surface area (Å²) in [7, 11) is 4.99. The maximum absolute atomic E-state index is 12.8. The number of piperazine rings is 1. The summed E-state index contributed by atoms with van der Waals surface area (Å²) in [6, 6.07) is 7.26. The molecule has 0 bridgehead atoms. The Bertz CT molecular complexity index is 853. The number of ether oxygens (including phenoxy) is 2. The predicted molar refractivity (Wildman–Crippen MR) is 99.9 cm³/mol. The molecule has 2 aromatic rings. The van der Waals surface area contributed by atoms with Gasteiger partial charge in [-0.15, -0.1) is 0 Å². The van der Waals surface area contributed by atoms with E-state index in [1.165, 1.54) is 0 Å². The van der Waals surface area contributed by atoms with E-state index in [2.05, 4.69) is 5.10 Å². The molecule has 144 valence electrons. The van der Waals surface area contributed by atoms with Crippen LogP contribution in [0.25, 0.3) is 11.3 Å². The first-order valence-corrected chi connectivity index (χ1v) is 8.75. The van der Waals surface area contributed by atoms with Crippen LogP contribution in [0.4, 0.5) is 0 Å². The average molecular weight is 372 g/mol. The van der Waals surface area contributed by atoms with E-state index in [-0.39, 0.29) is 11.8 Å². The second-order valence-electron chi connectivity index (χ2n) is 6.40. The molecule has 1 aliphatic heterocycles. The molecule has 0 spiro atoms. The Balaban J connectivity index is 1.85. The molecule has 0 saturated carbocycles. The average Bonchev–Trinajstić information content (AvgIpc) is 3.08. The predicted octanol–water partition coefficient (Wildman–Crippen LogP) is 1.41. The first kappa shape index (κ1) is 18.8. The maximum Gasteiger partial charge on any atom is 0.274 e. The number of aromatic nitrogens is 2. The minimum absolute atomic E-state index is 0.0346. The van der Waals surface area contributed by atoms with Crippen LogP contribution in [0.15, 0.2) is 24.3 Å². The summed E-state index contributed by atoms with van der Waals surface area (Å²) in [6.07, 6.45) is 0. The zero-order valence-corrected chi connectivity index (χ0v) is 16.1. The molecule has 3 rings (SSSR count). The Labute approximate surface area is 158 Å². The molecule has 8 heteroatoms. The molecule has 0 atom stereocenters. The number of carbonyl (C=O) groups is 2. The highest BCUT2D eigenvalue weighted by molar-refractivity contribution is 5.94. The summed E-state index contributed by atoms with van der Waals surface area (Å²) in [5.41, 5.74) is 1.93. The van der Waals surface area contributed by atoms with Crippen molar-refractivity contribution >= 4 is 11.8 Å². The molecule has 0 aliphatic carbocycles. The third-order valence-corrected chi connectivity index (χ3v) is 4.79. The van der Waals surface area contributed by atoms with Gasteiger partial charge in [0.1, 0.15) is 11.5 Å². The number of rotatable bonds is 4. The molecule has 8 nitrogen and oxygen atoms in total. The van der Waals surface area contributed by atoms with E-state index in [4.69, 9.17) is 9.47 Å². The van der Waals surface area contributed by atoms with Gasteiger partial charge < -0.3 is 19.3 Å². The fourth-order valence-corrected chi connectivity index (χ4v) is 3.22. The fourth-order valence-electron chi connectivity index (χ4n) is 3.22. The maximum atomic E-state index is 12.8. The van der Waals surface area contributed by atoms with Crippen molar-refractivity contribution in [1.29, 1.82) is 0 Å². The van der Waals surface area contributed by atoms with E-state index in [1.54, 1.807) is 48.7 Å². The van der Waals surface area contributed by atoms with Crippen molar-refractivity contribution < 1.29 is 19.1 Å². The second kappa shape index (κ2) is 7.69. The molecule has 1 fully saturated rings. The van der Waals surface area contributed by atoms with Crippen molar-refractivity contribution in [3.05, 3.63) is 30.0 Å². The number of carbonyl (C=O) groups excluding carboxylic acids is 2. The number of amides is 2. The van der Waals surface area contributed by atoms with Crippen LogP contribution in [0.5, 0.6) is 11.5 Å². The number of hydrogen-bond donors (Lipinski definition) is 0. The molecule has 0 N–H and O–H groups in total. The Kier molecular flexibility index (Phi) is 5.34. The third kappa shape index (κ3) is 3.74. The van der Waals surface area contributed by atoms with Gasteiger partial charge in [-0.05, 0) is 24.3 Å². The van der Waals surface area contributed by atoms with Crippen LogP contribution in [0.3, 0.4) is 0 Å². The SMILES string of the molecule is COc1ccc(OC)c(-c2cc(C(=O)N3CCN(C(C)=O)CC3)nn2C)c1. The van der Waals surface area contributed by atoms with Gasteiger partial charge in [0.2, 0.25) is 5.91 Å². The van der Waals surface area contributed by atoms with Crippen LogP contribution >= 0.6 is 0 Å². The van der Waals surface area contributed by atoms with Gasteiger partial charge in [0.05, 0.1) is 19.9 Å². The second-order valence-corrected chi connectivity index (χ2v) is 6.40. The third-order valence-electron chi connectivity index (χ3n) is 4.79. The Morgan fingerprint density at radius 2 is 1.67 bits per heavy atom. The van der Waals surface area contributed by atoms with E-state index in [1.807, 2.05) is 18.2 Å². The van der Waals surface area contributed by atoms with Crippen LogP contribution in [0.1, 0.15) is 17.4 Å². The van der Waals surface area contributed by atoms with Crippen LogP contribution in [-0.2, 0) is 11.8 Å². The Morgan fingerprint density at radius 3 is 2.26 bits per heavy atom. The van der Waals surface area contributed by atoms with Gasteiger partial charge in [0.15, 0.2) is 5.69 Å². The quantitative estimate of drug-likeness (QED) is 0.811. The van der Waals surface area contributed by atoms with E-state index in [0.717, 1.165) is 11.3 Å². The minimum atomic E-state index is -0.137. The van der Waals surface area contributed by atoms with E-state index < -0.39 is 0 Å². The lowest BCUT2D eigenvalue weighted by Crippen LogP contribution is -2.50. The van der Waals surface area contributed by atoms with E-state index in [9.17, 15) is 9.59 Å². The highest BCUT2D eigenvalue weighted by Gasteiger charge is 2.26. The topological polar surface area (TPSA) is 76.9 Å². The van der Waals surface area contributed by atoms with Crippen molar-refractivity contribution in [2.75, 3.05) is 40.4 Å². The molecule has 0 radical (unpaired) electrons. The number of nitrogens with zero attached hydrogens (tertiary/aromatic N) is 4. The summed E-state index contributed by atoms with van der Waals surface area (Å²) < 4.78 is 12.4. The van der Waals surface area contributed by atoms with Crippen LogP contribution in [0, 0.1) is 0 Å². The molecule has 1 aromatic carbocycles. The first-order chi connectivity index (χ1) is 12.9. The van der Waals surface area contributed by atoms with Gasteiger partial charge in [-0.25, -0.2) is 0 Å². The van der Waals surface area contributed by atoms with Gasteiger partial charge in [-0.3, -0.25) is 14.3 Å². The summed E-state index contributed by atoms with van der Waals surface area (Å²) in [4.78, 5) is 27.8. The summed E-state index contributed by atoms with van der Waals surface area (Å²) in [6.45, 7) is 3.65. The first-order valence-electron chi connectivity index (χ1n) is 8.75. The van der Waals surface area contributed by atoms with E-state index >= 15 is 0 Å². The molecule has 27 heavy (non-hydrogen) atoms. The lowest BCUT2D eigenvalue weighted by molar-refractivity contribution is -0.130. The molecular formula is C19H24N4O4. The highest BCUT2D eigenvalue weighted by Crippen LogP contribution is 2.33. The number of aryl methyl sites for hydroxylation is 1. The van der Waals surface area contributed by atoms with Crippen molar-refractivity contribution in [2.45, 2.75) is 6.92 Å². The summed E-state index contributed by atoms with van der Waals surface area (Å²) >= 11 is 0. The van der Waals surface area contributed by atoms with Crippen LogP contribution < -0.4 is 9.47 Å². The molecule has 1 aliphatic rings. The van der Waals surface area contributed by atoms with E-state index in [0.29, 0.717) is 43.4 Å². The molecule has 2 amide bonds. The molecule has 2 heterocycles. The lowest BCUT2D eigenvalue weighted by Gasteiger charge is -2.33. The largest absolute Gasteiger partial charge is 0.497 e. The fraction of sp³-hybridized carbons (Fsp3) is 0.421. The smallest absolute Gasteiger partial charge is 0.274 e. The molecular weight excluding hydrogens is 348 g/mol. The molecule has 1 saturated heterocycles. The Morgan fingerprint density at radius 1 is 1.00 bits per heavy atom. The zero-order valence-electron chi connectivity index (χ0n) is 16.1. The lowest BCUT2D eigenvalue weighted by atomic mass is 10.1. The van der Waals surface area contributed by atoms with Crippen molar-refractivity contribution in [2.24, 2.45) is 7.05 Å². The molecule has 0 unspecified atom stereocenters. The number of methoxy groups -OCH3 is 2. The van der Waals surface area contributed by atoms with Gasteiger partial charge in [0.25, 0.3) is 5.91 Å². The summed E-state index contributed by atoms with van der Waals surface area (Å²) in [5, 5.41) is 4.40. The normalized spacial score (nSPS) is 14.2. The monoisotopic (exact) mass is 372 g/mol. The van der Waals surface area contributed by atoms with Crippen molar-refractivity contribution in [1.82, 2.24) is 19.6 Å². The number of benzene rings is 1. The van der Waals surface area contributed by atoms with Gasteiger partial charge in [0, 0.05) is 45.7 Å². The standard InChI is InChI=1S/C19H24N4O4/c1-13(24)22-7-9-23(10-8-22)19(25)16-12-17(21(2)20-16)15-11-14(26-3)5-6-18(15)27-4/h5-6,11-12H,7-10H2,1-4H3. The zero-order chi connectivity index (χ0) is 19.6. The van der Waals surface area contributed by atoms with Gasteiger partial charge >= 0.3 is 0 Å². The van der Waals surface area contributed by atoms with Crippen molar-refractivity contribution in [3.63, 3.8) is 0 Å². The summed E-state index contributed by atoms with van der Waals surface area (Å²) in [5.74, 6) is 1.27. The Hall–Kier alpha value is -3.03. The van der Waals surface area contributed by atoms with Crippen molar-refractivity contribution in [3.8, 4) is 22.8 Å². The van der Waals surface area contributed by atoms with Crippen LogP contribution in [0.2, 0.25) is 0 Å². The molecule has 1 aromatic heterocycles.